The third-order valence-corrected chi connectivity index (χ3v) is 4.80. The summed E-state index contributed by atoms with van der Waals surface area (Å²) in [5.74, 6) is -0.241. The molecule has 0 bridgehead atoms. The molecule has 1 aliphatic carbocycles. The number of nitriles is 1. The van der Waals surface area contributed by atoms with E-state index in [2.05, 4.69) is 11.4 Å². The van der Waals surface area contributed by atoms with Crippen molar-refractivity contribution in [2.75, 3.05) is 11.9 Å². The van der Waals surface area contributed by atoms with Gasteiger partial charge in [0.05, 0.1) is 18.4 Å². The van der Waals surface area contributed by atoms with E-state index in [1.807, 2.05) is 17.0 Å². The van der Waals surface area contributed by atoms with E-state index >= 15 is 0 Å². The molecule has 5 heteroatoms. The molecule has 23 heavy (non-hydrogen) atoms. The lowest BCUT2D eigenvalue weighted by Gasteiger charge is -2.23. The number of hydrogen-bond donors (Lipinski definition) is 1. The Morgan fingerprint density at radius 3 is 2.61 bits per heavy atom. The van der Waals surface area contributed by atoms with Crippen LogP contribution in [0.5, 0.6) is 0 Å². The maximum atomic E-state index is 12.4. The molecule has 0 aromatic heterocycles. The van der Waals surface area contributed by atoms with E-state index in [0.29, 0.717) is 31.1 Å². The average Bonchev–Trinajstić information content (AvgIpc) is 3.18. The van der Waals surface area contributed by atoms with E-state index in [4.69, 9.17) is 5.26 Å². The summed E-state index contributed by atoms with van der Waals surface area (Å²) in [6.07, 6.45) is 5.18. The summed E-state index contributed by atoms with van der Waals surface area (Å²) < 4.78 is 0. The van der Waals surface area contributed by atoms with Gasteiger partial charge in [0.25, 0.3) is 0 Å². The van der Waals surface area contributed by atoms with Crippen LogP contribution in [0.15, 0.2) is 24.3 Å². The lowest BCUT2D eigenvalue weighted by atomic mass is 10.1. The predicted molar refractivity (Wildman–Crippen MR) is 86.5 cm³/mol. The number of rotatable bonds is 4. The van der Waals surface area contributed by atoms with Crippen molar-refractivity contribution in [2.24, 2.45) is 5.92 Å². The number of amides is 2. The molecule has 2 fully saturated rings. The second-order valence-corrected chi connectivity index (χ2v) is 6.41. The fourth-order valence-corrected chi connectivity index (χ4v) is 3.52. The smallest absolute Gasteiger partial charge is 0.229 e. The van der Waals surface area contributed by atoms with Gasteiger partial charge in [0.1, 0.15) is 0 Å². The van der Waals surface area contributed by atoms with Crippen molar-refractivity contribution < 1.29 is 9.59 Å². The molecule has 1 N–H and O–H groups in total. The zero-order valence-corrected chi connectivity index (χ0v) is 13.1. The summed E-state index contributed by atoms with van der Waals surface area (Å²) in [4.78, 5) is 26.5. The molecule has 1 unspecified atom stereocenters. The van der Waals surface area contributed by atoms with E-state index in [9.17, 15) is 9.59 Å². The molecule has 1 saturated carbocycles. The van der Waals surface area contributed by atoms with Crippen LogP contribution in [0.4, 0.5) is 5.69 Å². The zero-order valence-electron chi connectivity index (χ0n) is 13.1. The molecule has 0 spiro atoms. The second-order valence-electron chi connectivity index (χ2n) is 6.41. The molecule has 3 rings (SSSR count). The van der Waals surface area contributed by atoms with Crippen LogP contribution >= 0.6 is 0 Å². The Labute approximate surface area is 136 Å². The first-order valence-electron chi connectivity index (χ1n) is 8.23. The number of carbonyl (C=O) groups is 2. The predicted octanol–water partition coefficient (Wildman–Crippen LogP) is 2.48. The largest absolute Gasteiger partial charge is 0.339 e. The van der Waals surface area contributed by atoms with Crippen LogP contribution in [-0.4, -0.2) is 29.3 Å². The van der Waals surface area contributed by atoms with Crippen LogP contribution < -0.4 is 5.32 Å². The molecular weight excluding hydrogens is 290 g/mol. The molecule has 2 aliphatic rings. The first-order chi connectivity index (χ1) is 11.2. The molecule has 1 heterocycles. The summed E-state index contributed by atoms with van der Waals surface area (Å²) in [5.41, 5.74) is 1.64. The normalized spacial score (nSPS) is 21.4. The number of anilines is 1. The minimum Gasteiger partial charge on any atom is -0.339 e. The highest BCUT2D eigenvalue weighted by Crippen LogP contribution is 2.30. The van der Waals surface area contributed by atoms with E-state index in [0.717, 1.165) is 18.4 Å². The number of nitrogens with zero attached hydrogens (tertiary/aromatic N) is 2. The quantitative estimate of drug-likeness (QED) is 0.928. The van der Waals surface area contributed by atoms with E-state index < -0.39 is 0 Å². The van der Waals surface area contributed by atoms with Gasteiger partial charge in [-0.1, -0.05) is 25.0 Å². The Hall–Kier alpha value is -2.35. The fourth-order valence-electron chi connectivity index (χ4n) is 3.52. The summed E-state index contributed by atoms with van der Waals surface area (Å²) in [6.45, 7) is 0.544. The molecule has 1 aromatic carbocycles. The van der Waals surface area contributed by atoms with Crippen LogP contribution in [0.25, 0.3) is 0 Å². The Kier molecular flexibility index (Phi) is 4.61. The van der Waals surface area contributed by atoms with E-state index in [1.54, 1.807) is 12.1 Å². The first-order valence-corrected chi connectivity index (χ1v) is 8.23. The van der Waals surface area contributed by atoms with Crippen molar-refractivity contribution in [3.05, 3.63) is 29.8 Å². The number of likely N-dealkylation sites (tertiary alicyclic amines) is 1. The third kappa shape index (κ3) is 3.53. The van der Waals surface area contributed by atoms with Gasteiger partial charge in [0, 0.05) is 24.7 Å². The Morgan fingerprint density at radius 2 is 1.96 bits per heavy atom. The van der Waals surface area contributed by atoms with Crippen molar-refractivity contribution >= 4 is 17.5 Å². The Balaban J connectivity index is 1.58. The number of benzene rings is 1. The molecule has 0 radical (unpaired) electrons. The third-order valence-electron chi connectivity index (χ3n) is 4.80. The number of nitrogens with one attached hydrogen (secondary N) is 1. The van der Waals surface area contributed by atoms with Crippen LogP contribution in [0.2, 0.25) is 0 Å². The highest BCUT2D eigenvalue weighted by atomic mass is 16.2. The molecule has 2 amide bonds. The standard InChI is InChI=1S/C18H21N3O2/c19-10-9-13-5-7-15(8-6-13)20-18(23)14-11-17(22)21(12-14)16-3-1-2-4-16/h5-8,14,16H,1-4,9,11-12H2,(H,20,23). The zero-order chi connectivity index (χ0) is 16.2. The summed E-state index contributed by atoms with van der Waals surface area (Å²) in [7, 11) is 0. The van der Waals surface area contributed by atoms with Crippen LogP contribution in [0.3, 0.4) is 0 Å². The minimum atomic E-state index is -0.262. The Morgan fingerprint density at radius 1 is 1.26 bits per heavy atom. The number of hydrogen-bond acceptors (Lipinski definition) is 3. The first kappa shape index (κ1) is 15.5. The maximum Gasteiger partial charge on any atom is 0.229 e. The maximum absolute atomic E-state index is 12.4. The van der Waals surface area contributed by atoms with Gasteiger partial charge < -0.3 is 10.2 Å². The van der Waals surface area contributed by atoms with Gasteiger partial charge in [-0.2, -0.15) is 5.26 Å². The minimum absolute atomic E-state index is 0.0909. The molecule has 1 saturated heterocycles. The molecule has 1 atom stereocenters. The van der Waals surface area contributed by atoms with Gasteiger partial charge in [-0.25, -0.2) is 0 Å². The van der Waals surface area contributed by atoms with Crippen LogP contribution in [0, 0.1) is 17.2 Å². The van der Waals surface area contributed by atoms with E-state index in [-0.39, 0.29) is 17.7 Å². The Bertz CT molecular complexity index is 627. The topological polar surface area (TPSA) is 73.2 Å². The van der Waals surface area contributed by atoms with Crippen molar-refractivity contribution in [2.45, 2.75) is 44.6 Å². The summed E-state index contributed by atoms with van der Waals surface area (Å²) >= 11 is 0. The average molecular weight is 311 g/mol. The van der Waals surface area contributed by atoms with Gasteiger partial charge in [0.15, 0.2) is 0 Å². The molecular formula is C18H21N3O2. The van der Waals surface area contributed by atoms with Crippen molar-refractivity contribution in [3.8, 4) is 6.07 Å². The van der Waals surface area contributed by atoms with Crippen LogP contribution in [0.1, 0.15) is 37.7 Å². The van der Waals surface area contributed by atoms with Gasteiger partial charge in [-0.15, -0.1) is 0 Å². The summed E-state index contributed by atoms with van der Waals surface area (Å²) in [6, 6.07) is 9.71. The SMILES string of the molecule is N#CCc1ccc(NC(=O)C2CC(=O)N(C3CCCC3)C2)cc1. The second kappa shape index (κ2) is 6.82. The van der Waals surface area contributed by atoms with Gasteiger partial charge in [-0.3, -0.25) is 9.59 Å². The lowest BCUT2D eigenvalue weighted by Crippen LogP contribution is -2.35. The van der Waals surface area contributed by atoms with Crippen molar-refractivity contribution in [3.63, 3.8) is 0 Å². The number of carbonyl (C=O) groups excluding carboxylic acids is 2. The van der Waals surface area contributed by atoms with Gasteiger partial charge in [0.2, 0.25) is 11.8 Å². The highest BCUT2D eigenvalue weighted by Gasteiger charge is 2.38. The summed E-state index contributed by atoms with van der Waals surface area (Å²) in [5, 5.41) is 11.5. The highest BCUT2D eigenvalue weighted by molar-refractivity contribution is 5.97. The molecule has 5 nitrogen and oxygen atoms in total. The van der Waals surface area contributed by atoms with Gasteiger partial charge in [-0.05, 0) is 30.5 Å². The van der Waals surface area contributed by atoms with Gasteiger partial charge >= 0.3 is 0 Å². The molecule has 1 aliphatic heterocycles. The fraction of sp³-hybridized carbons (Fsp3) is 0.500. The van der Waals surface area contributed by atoms with Crippen molar-refractivity contribution in [1.29, 1.82) is 5.26 Å². The molecule has 1 aromatic rings. The van der Waals surface area contributed by atoms with Crippen molar-refractivity contribution in [1.82, 2.24) is 4.90 Å². The molecule has 120 valence electrons. The lowest BCUT2D eigenvalue weighted by molar-refractivity contribution is -0.129. The van der Waals surface area contributed by atoms with Crippen LogP contribution in [-0.2, 0) is 16.0 Å². The van der Waals surface area contributed by atoms with E-state index in [1.165, 1.54) is 12.8 Å². The monoisotopic (exact) mass is 311 g/mol.